The first-order chi connectivity index (χ1) is 14.6. The maximum atomic E-state index is 10.8. The number of phenolic OH excluding ortho intramolecular Hbond substituents is 1. The lowest BCUT2D eigenvalue weighted by molar-refractivity contribution is 0.144. The van der Waals surface area contributed by atoms with Gasteiger partial charge in [-0.25, -0.2) is 0 Å². The van der Waals surface area contributed by atoms with Gasteiger partial charge in [-0.05, 0) is 49.7 Å². The molecule has 3 aliphatic rings. The Labute approximate surface area is 176 Å². The molecule has 0 saturated carbocycles. The Morgan fingerprint density at radius 1 is 1.17 bits per heavy atom. The molecule has 2 aromatic rings. The molecule has 3 heterocycles. The van der Waals surface area contributed by atoms with Crippen LogP contribution in [0.5, 0.6) is 23.0 Å². The Morgan fingerprint density at radius 3 is 2.77 bits per heavy atom. The Balaban J connectivity index is 1.55. The Kier molecular flexibility index (Phi) is 4.79. The maximum Gasteiger partial charge on any atom is 0.231 e. The lowest BCUT2D eigenvalue weighted by Crippen LogP contribution is -2.55. The van der Waals surface area contributed by atoms with Gasteiger partial charge in [-0.2, -0.15) is 0 Å². The molecule has 1 spiro atoms. The molecule has 7 nitrogen and oxygen atoms in total. The van der Waals surface area contributed by atoms with Crippen LogP contribution < -0.4 is 19.5 Å². The van der Waals surface area contributed by atoms with Crippen molar-refractivity contribution < 1.29 is 19.3 Å². The summed E-state index contributed by atoms with van der Waals surface area (Å²) in [7, 11) is 3.72. The molecule has 0 bridgehead atoms. The predicted molar refractivity (Wildman–Crippen MR) is 114 cm³/mol. The van der Waals surface area contributed by atoms with Crippen molar-refractivity contribution in [1.82, 2.24) is 10.2 Å². The minimum atomic E-state index is -0.351. The van der Waals surface area contributed by atoms with Gasteiger partial charge in [-0.1, -0.05) is 12.1 Å². The van der Waals surface area contributed by atoms with Crippen LogP contribution in [-0.4, -0.2) is 55.4 Å². The summed E-state index contributed by atoms with van der Waals surface area (Å²) in [6, 6.07) is 11.6. The number of rotatable bonds is 3. The fourth-order valence-electron chi connectivity index (χ4n) is 4.58. The zero-order chi connectivity index (χ0) is 20.7. The predicted octanol–water partition coefficient (Wildman–Crippen LogP) is 3.08. The molecule has 0 unspecified atom stereocenters. The molecule has 1 atom stereocenters. The van der Waals surface area contributed by atoms with Crippen LogP contribution in [0.2, 0.25) is 0 Å². The summed E-state index contributed by atoms with van der Waals surface area (Å²) in [5.74, 6) is 2.20. The van der Waals surface area contributed by atoms with E-state index in [1.54, 1.807) is 13.2 Å². The number of fused-ring (bicyclic) bond motifs is 1. The number of para-hydroxylation sites is 1. The fraction of sp³-hybridized carbons (Fsp3) is 0.435. The highest BCUT2D eigenvalue weighted by Gasteiger charge is 2.40. The van der Waals surface area contributed by atoms with Gasteiger partial charge in [0.1, 0.15) is 5.66 Å². The smallest absolute Gasteiger partial charge is 0.231 e. The Morgan fingerprint density at radius 2 is 1.97 bits per heavy atom. The second-order valence-electron chi connectivity index (χ2n) is 8.26. The van der Waals surface area contributed by atoms with Crippen LogP contribution in [0.15, 0.2) is 41.4 Å². The number of hydrogen-bond acceptors (Lipinski definition) is 7. The molecule has 1 saturated heterocycles. The van der Waals surface area contributed by atoms with E-state index in [9.17, 15) is 5.11 Å². The second-order valence-corrected chi connectivity index (χ2v) is 8.26. The summed E-state index contributed by atoms with van der Waals surface area (Å²) in [4.78, 5) is 7.55. The van der Waals surface area contributed by atoms with Gasteiger partial charge in [0.25, 0.3) is 0 Å². The average Bonchev–Trinajstić information content (AvgIpc) is 3.24. The van der Waals surface area contributed by atoms with E-state index in [1.165, 1.54) is 0 Å². The van der Waals surface area contributed by atoms with E-state index in [-0.39, 0.29) is 24.2 Å². The molecule has 30 heavy (non-hydrogen) atoms. The minimum absolute atomic E-state index is 0.0681. The van der Waals surface area contributed by atoms with Crippen LogP contribution in [0.1, 0.15) is 36.4 Å². The normalized spacial score (nSPS) is 22.7. The largest absolute Gasteiger partial charge is 0.504 e. The van der Waals surface area contributed by atoms with Crippen LogP contribution in [0.3, 0.4) is 0 Å². The average molecular weight is 409 g/mol. The molecule has 3 aliphatic heterocycles. The highest BCUT2D eigenvalue weighted by atomic mass is 16.7. The van der Waals surface area contributed by atoms with Gasteiger partial charge in [-0.15, -0.1) is 0 Å². The number of nitrogens with one attached hydrogen (secondary N) is 1. The van der Waals surface area contributed by atoms with Gasteiger partial charge in [0.05, 0.1) is 7.11 Å². The number of benzene rings is 2. The van der Waals surface area contributed by atoms with Crippen LogP contribution >= 0.6 is 0 Å². The third-order valence-corrected chi connectivity index (χ3v) is 6.33. The van der Waals surface area contributed by atoms with Crippen LogP contribution in [0.4, 0.5) is 0 Å². The molecular weight excluding hydrogens is 382 g/mol. The molecule has 5 rings (SSSR count). The number of hydrogen-bond donors (Lipinski definition) is 2. The Bertz CT molecular complexity index is 982. The van der Waals surface area contributed by atoms with Gasteiger partial charge in [0.15, 0.2) is 23.0 Å². The van der Waals surface area contributed by atoms with Crippen molar-refractivity contribution in [2.45, 2.75) is 31.0 Å². The van der Waals surface area contributed by atoms with Gasteiger partial charge in [0, 0.05) is 36.8 Å². The van der Waals surface area contributed by atoms with E-state index in [1.807, 2.05) is 30.3 Å². The van der Waals surface area contributed by atoms with E-state index in [4.69, 9.17) is 19.2 Å². The van der Waals surface area contributed by atoms with E-state index in [0.29, 0.717) is 12.2 Å². The van der Waals surface area contributed by atoms with E-state index in [0.717, 1.165) is 54.3 Å². The highest BCUT2D eigenvalue weighted by Crippen LogP contribution is 2.41. The molecule has 0 aliphatic carbocycles. The molecule has 2 aromatic carbocycles. The third kappa shape index (κ3) is 3.38. The van der Waals surface area contributed by atoms with Crippen molar-refractivity contribution in [2.75, 3.05) is 34.0 Å². The lowest BCUT2D eigenvalue weighted by atomic mass is 9.87. The second kappa shape index (κ2) is 7.49. The van der Waals surface area contributed by atoms with Crippen molar-refractivity contribution in [1.29, 1.82) is 0 Å². The molecule has 1 fully saturated rings. The standard InChI is InChI=1S/C23H27N3O4/c1-26-10-8-23(9-11-26)24-17(15-6-7-19-21(12-15)30-14-29-19)13-18(25-23)16-4-3-5-20(28-2)22(16)27/h3-7,12,18,25,27H,8-11,13-14H2,1-2H3/t18-/m1/s1. The fourth-order valence-corrected chi connectivity index (χ4v) is 4.58. The third-order valence-electron chi connectivity index (χ3n) is 6.33. The summed E-state index contributed by atoms with van der Waals surface area (Å²) in [5, 5.41) is 14.6. The summed E-state index contributed by atoms with van der Waals surface area (Å²) in [6.07, 6.45) is 2.50. The van der Waals surface area contributed by atoms with Gasteiger partial charge >= 0.3 is 0 Å². The van der Waals surface area contributed by atoms with Crippen LogP contribution in [0.25, 0.3) is 0 Å². The van der Waals surface area contributed by atoms with Crippen molar-refractivity contribution in [3.8, 4) is 23.0 Å². The van der Waals surface area contributed by atoms with Crippen LogP contribution in [-0.2, 0) is 0 Å². The first-order valence-corrected chi connectivity index (χ1v) is 10.4. The number of likely N-dealkylation sites (tertiary alicyclic amines) is 1. The molecule has 158 valence electrons. The number of aliphatic imine (C=N–C) groups is 1. The first-order valence-electron chi connectivity index (χ1n) is 10.4. The van der Waals surface area contributed by atoms with Crippen molar-refractivity contribution in [3.63, 3.8) is 0 Å². The van der Waals surface area contributed by atoms with Gasteiger partial charge in [-0.3, -0.25) is 10.3 Å². The topological polar surface area (TPSA) is 75.5 Å². The number of aromatic hydroxyl groups is 1. The molecular formula is C23H27N3O4. The lowest BCUT2D eigenvalue weighted by Gasteiger charge is -2.44. The SMILES string of the molecule is COc1cccc([C@H]2CC(c3ccc4c(c3)OCO4)=NC3(CCN(C)CC3)N2)c1O. The number of methoxy groups -OCH3 is 1. The zero-order valence-electron chi connectivity index (χ0n) is 17.4. The summed E-state index contributed by atoms with van der Waals surface area (Å²) in [6.45, 7) is 2.20. The number of ether oxygens (including phenoxy) is 3. The van der Waals surface area contributed by atoms with Crippen molar-refractivity contribution in [2.24, 2.45) is 4.99 Å². The molecule has 0 amide bonds. The summed E-state index contributed by atoms with van der Waals surface area (Å²) >= 11 is 0. The van der Waals surface area contributed by atoms with E-state index in [2.05, 4.69) is 17.3 Å². The quantitative estimate of drug-likeness (QED) is 0.812. The van der Waals surface area contributed by atoms with Gasteiger partial charge < -0.3 is 24.2 Å². The van der Waals surface area contributed by atoms with E-state index < -0.39 is 0 Å². The number of piperidine rings is 1. The zero-order valence-corrected chi connectivity index (χ0v) is 17.4. The van der Waals surface area contributed by atoms with Crippen molar-refractivity contribution in [3.05, 3.63) is 47.5 Å². The Hall–Kier alpha value is -2.77. The monoisotopic (exact) mass is 409 g/mol. The maximum absolute atomic E-state index is 10.8. The summed E-state index contributed by atoms with van der Waals surface area (Å²) < 4.78 is 16.4. The van der Waals surface area contributed by atoms with E-state index >= 15 is 0 Å². The molecule has 0 radical (unpaired) electrons. The van der Waals surface area contributed by atoms with Crippen LogP contribution in [0, 0.1) is 0 Å². The molecule has 7 heteroatoms. The van der Waals surface area contributed by atoms with Crippen molar-refractivity contribution >= 4 is 5.71 Å². The summed E-state index contributed by atoms with van der Waals surface area (Å²) in [5.41, 5.74) is 2.53. The van der Waals surface area contributed by atoms with Gasteiger partial charge in [0.2, 0.25) is 6.79 Å². The number of nitrogens with zero attached hydrogens (tertiary/aromatic N) is 2. The molecule has 2 N–H and O–H groups in total. The first kappa shape index (κ1) is 19.2. The minimum Gasteiger partial charge on any atom is -0.504 e. The molecule has 0 aromatic heterocycles. The number of phenols is 1. The highest BCUT2D eigenvalue weighted by molar-refractivity contribution is 6.02.